The maximum atomic E-state index is 11.7. The number of nitrogens with one attached hydrogen (secondary N) is 1. The van der Waals surface area contributed by atoms with Gasteiger partial charge in [0.15, 0.2) is 0 Å². The summed E-state index contributed by atoms with van der Waals surface area (Å²) < 4.78 is 0. The number of carbonyl (C=O) groups excluding carboxylic acids is 1. The summed E-state index contributed by atoms with van der Waals surface area (Å²) in [6.45, 7) is 6.11. The van der Waals surface area contributed by atoms with Crippen LogP contribution in [0.25, 0.3) is 0 Å². The molecule has 1 unspecified atom stereocenters. The van der Waals surface area contributed by atoms with Gasteiger partial charge in [-0.1, -0.05) is 59.3 Å². The molecule has 0 aliphatic carbocycles. The summed E-state index contributed by atoms with van der Waals surface area (Å²) in [5.74, 6) is -0.812. The van der Waals surface area contributed by atoms with E-state index in [1.54, 1.807) is 0 Å². The molecular formula is C16H32NNaO3. The van der Waals surface area contributed by atoms with Gasteiger partial charge in [-0.2, -0.15) is 0 Å². The standard InChI is InChI=1S/C16H31NO3.Na.H/c1-4-5-6-7-8-9-10-11-15(18)17-14(16(19)20)12-13(2)3;;/h13-14H,4-12H2,1-3H3,(H,17,18)(H,19,20);;. The van der Waals surface area contributed by atoms with E-state index in [1.807, 2.05) is 13.8 Å². The number of carboxylic acid groups (broad SMARTS) is 1. The summed E-state index contributed by atoms with van der Waals surface area (Å²) in [4.78, 5) is 22.7. The zero-order valence-electron chi connectivity index (χ0n) is 13.3. The number of amides is 1. The molecule has 0 aromatic rings. The molecule has 0 saturated heterocycles. The number of carboxylic acids is 1. The third kappa shape index (κ3) is 14.6. The minimum atomic E-state index is -0.938. The Hall–Kier alpha value is -0.0600. The van der Waals surface area contributed by atoms with E-state index in [9.17, 15) is 9.59 Å². The Morgan fingerprint density at radius 1 is 1.00 bits per heavy atom. The first-order valence-corrected chi connectivity index (χ1v) is 7.99. The fourth-order valence-electron chi connectivity index (χ4n) is 2.20. The number of rotatable bonds is 12. The van der Waals surface area contributed by atoms with Crippen molar-refractivity contribution < 1.29 is 14.7 Å². The van der Waals surface area contributed by atoms with Gasteiger partial charge in [0.05, 0.1) is 0 Å². The summed E-state index contributed by atoms with van der Waals surface area (Å²) in [5.41, 5.74) is 0. The first-order chi connectivity index (χ1) is 9.47. The van der Waals surface area contributed by atoms with Crippen LogP contribution in [0.2, 0.25) is 0 Å². The zero-order valence-corrected chi connectivity index (χ0v) is 13.3. The fraction of sp³-hybridized carbons (Fsp3) is 0.875. The van der Waals surface area contributed by atoms with Crippen LogP contribution in [0.4, 0.5) is 0 Å². The summed E-state index contributed by atoms with van der Waals surface area (Å²) in [6.07, 6.45) is 9.05. The van der Waals surface area contributed by atoms with Gasteiger partial charge in [0.2, 0.25) is 5.91 Å². The second-order valence-corrected chi connectivity index (χ2v) is 5.96. The van der Waals surface area contributed by atoms with Gasteiger partial charge >= 0.3 is 35.5 Å². The molecule has 120 valence electrons. The molecule has 0 heterocycles. The monoisotopic (exact) mass is 309 g/mol. The van der Waals surface area contributed by atoms with Crippen molar-refractivity contribution in [1.29, 1.82) is 0 Å². The maximum absolute atomic E-state index is 11.7. The molecule has 2 N–H and O–H groups in total. The average Bonchev–Trinajstić information content (AvgIpc) is 2.36. The van der Waals surface area contributed by atoms with E-state index in [1.165, 1.54) is 32.1 Å². The van der Waals surface area contributed by atoms with Crippen molar-refractivity contribution in [2.75, 3.05) is 0 Å². The first-order valence-electron chi connectivity index (χ1n) is 7.99. The van der Waals surface area contributed by atoms with Gasteiger partial charge in [0.25, 0.3) is 0 Å². The Bertz CT molecular complexity index is 283. The Morgan fingerprint density at radius 2 is 1.52 bits per heavy atom. The number of unbranched alkanes of at least 4 members (excludes halogenated alkanes) is 6. The summed E-state index contributed by atoms with van der Waals surface area (Å²) in [7, 11) is 0. The molecule has 21 heavy (non-hydrogen) atoms. The number of hydrogen-bond acceptors (Lipinski definition) is 2. The normalized spacial score (nSPS) is 11.8. The van der Waals surface area contributed by atoms with E-state index in [0.717, 1.165) is 12.8 Å². The van der Waals surface area contributed by atoms with Crippen molar-refractivity contribution in [1.82, 2.24) is 5.32 Å². The van der Waals surface area contributed by atoms with Crippen LogP contribution in [0.3, 0.4) is 0 Å². The van der Waals surface area contributed by atoms with Crippen LogP contribution in [0.5, 0.6) is 0 Å². The Morgan fingerprint density at radius 3 is 2.00 bits per heavy atom. The van der Waals surface area contributed by atoms with Gasteiger partial charge in [-0.25, -0.2) is 4.79 Å². The molecule has 0 aliphatic rings. The molecule has 0 spiro atoms. The molecule has 0 rings (SSSR count). The van der Waals surface area contributed by atoms with Crippen LogP contribution in [-0.4, -0.2) is 52.6 Å². The van der Waals surface area contributed by atoms with E-state index in [-0.39, 0.29) is 41.4 Å². The minimum absolute atomic E-state index is 0. The molecule has 0 fully saturated rings. The van der Waals surface area contributed by atoms with E-state index >= 15 is 0 Å². The van der Waals surface area contributed by atoms with Crippen molar-refractivity contribution in [2.45, 2.75) is 84.6 Å². The molecular weight excluding hydrogens is 277 g/mol. The van der Waals surface area contributed by atoms with Gasteiger partial charge < -0.3 is 10.4 Å². The predicted molar refractivity (Wildman–Crippen MR) is 88.8 cm³/mol. The van der Waals surface area contributed by atoms with Gasteiger partial charge in [-0.15, -0.1) is 0 Å². The van der Waals surface area contributed by atoms with Crippen LogP contribution in [0.1, 0.15) is 78.6 Å². The van der Waals surface area contributed by atoms with E-state index in [4.69, 9.17) is 5.11 Å². The quantitative estimate of drug-likeness (QED) is 0.430. The number of carbonyl (C=O) groups is 2. The predicted octanol–water partition coefficient (Wildman–Crippen LogP) is 3.09. The summed E-state index contributed by atoms with van der Waals surface area (Å²) in [6, 6.07) is -0.743. The molecule has 5 heteroatoms. The van der Waals surface area contributed by atoms with Crippen molar-refractivity contribution in [3.8, 4) is 0 Å². The van der Waals surface area contributed by atoms with Crippen LogP contribution >= 0.6 is 0 Å². The van der Waals surface area contributed by atoms with Crippen molar-refractivity contribution in [3.63, 3.8) is 0 Å². The van der Waals surface area contributed by atoms with Gasteiger partial charge in [0.1, 0.15) is 6.04 Å². The van der Waals surface area contributed by atoms with E-state index in [2.05, 4.69) is 12.2 Å². The molecule has 0 bridgehead atoms. The van der Waals surface area contributed by atoms with E-state index < -0.39 is 12.0 Å². The molecule has 0 aliphatic heterocycles. The average molecular weight is 309 g/mol. The van der Waals surface area contributed by atoms with Gasteiger partial charge in [-0.3, -0.25) is 4.79 Å². The Kier molecular flexibility index (Phi) is 16.4. The molecule has 1 atom stereocenters. The molecule has 1 amide bonds. The van der Waals surface area contributed by atoms with Gasteiger partial charge in [0, 0.05) is 6.42 Å². The fourth-order valence-corrected chi connectivity index (χ4v) is 2.20. The Labute approximate surface area is 151 Å². The van der Waals surface area contributed by atoms with Gasteiger partial charge in [-0.05, 0) is 18.8 Å². The zero-order chi connectivity index (χ0) is 15.4. The summed E-state index contributed by atoms with van der Waals surface area (Å²) in [5, 5.41) is 11.7. The van der Waals surface area contributed by atoms with Crippen LogP contribution in [-0.2, 0) is 9.59 Å². The molecule has 0 saturated carbocycles. The SMILES string of the molecule is CCCCCCCCCC(=O)NC(CC(C)C)C(=O)O.[NaH]. The molecule has 0 aromatic heterocycles. The third-order valence-corrected chi connectivity index (χ3v) is 3.35. The van der Waals surface area contributed by atoms with E-state index in [0.29, 0.717) is 12.8 Å². The van der Waals surface area contributed by atoms with Crippen molar-refractivity contribution >= 4 is 41.4 Å². The summed E-state index contributed by atoms with van der Waals surface area (Å²) >= 11 is 0. The van der Waals surface area contributed by atoms with Crippen LogP contribution < -0.4 is 5.32 Å². The second kappa shape index (κ2) is 14.9. The Balaban J connectivity index is 0. The third-order valence-electron chi connectivity index (χ3n) is 3.35. The van der Waals surface area contributed by atoms with Crippen LogP contribution in [0, 0.1) is 5.92 Å². The molecule has 0 aromatic carbocycles. The number of aliphatic carboxylic acids is 1. The van der Waals surface area contributed by atoms with Crippen molar-refractivity contribution in [2.24, 2.45) is 5.92 Å². The van der Waals surface area contributed by atoms with Crippen molar-refractivity contribution in [3.05, 3.63) is 0 Å². The molecule has 4 nitrogen and oxygen atoms in total. The first kappa shape index (κ1) is 23.2. The van der Waals surface area contributed by atoms with Crippen LogP contribution in [0.15, 0.2) is 0 Å². The second-order valence-electron chi connectivity index (χ2n) is 5.96. The number of hydrogen-bond donors (Lipinski definition) is 2. The molecule has 0 radical (unpaired) electrons. The topological polar surface area (TPSA) is 66.4 Å².